The zero-order chi connectivity index (χ0) is 18.5. The molecule has 1 aliphatic heterocycles. The van der Waals surface area contributed by atoms with E-state index >= 15 is 0 Å². The topological polar surface area (TPSA) is 67.2 Å². The van der Waals surface area contributed by atoms with Crippen LogP contribution in [0.1, 0.15) is 52.7 Å². The lowest BCUT2D eigenvalue weighted by atomic mass is 10.2. The highest BCUT2D eigenvalue weighted by molar-refractivity contribution is 5.98. The van der Waals surface area contributed by atoms with E-state index in [9.17, 15) is 14.0 Å². The number of unbranched alkanes of at least 4 members (excludes halogenated alkanes) is 1. The first-order chi connectivity index (χ1) is 12.6. The molecule has 0 radical (unpaired) electrons. The van der Waals surface area contributed by atoms with Crippen LogP contribution in [0.15, 0.2) is 30.3 Å². The Bertz CT molecular complexity index is 803. The molecule has 138 valence electrons. The molecule has 0 saturated carbocycles. The van der Waals surface area contributed by atoms with Crippen LogP contribution >= 0.6 is 0 Å². The fraction of sp³-hybridized carbons (Fsp3) is 0.421. The smallest absolute Gasteiger partial charge is 0.272 e. The fourth-order valence-electron chi connectivity index (χ4n) is 3.02. The molecule has 26 heavy (non-hydrogen) atoms. The molecule has 0 saturated heterocycles. The second-order valence-electron chi connectivity index (χ2n) is 6.46. The molecule has 1 aromatic carbocycles. The maximum atomic E-state index is 13.4. The summed E-state index contributed by atoms with van der Waals surface area (Å²) in [6, 6.07) is 7.79. The minimum Gasteiger partial charge on any atom is -0.351 e. The molecule has 2 heterocycles. The third-order valence-corrected chi connectivity index (χ3v) is 4.40. The molecule has 3 rings (SSSR count). The van der Waals surface area contributed by atoms with Crippen molar-refractivity contribution in [2.45, 2.75) is 39.3 Å². The number of halogens is 1. The molecule has 0 bridgehead atoms. The Morgan fingerprint density at radius 2 is 2.15 bits per heavy atom. The predicted molar refractivity (Wildman–Crippen MR) is 95.2 cm³/mol. The first-order valence-electron chi connectivity index (χ1n) is 8.98. The summed E-state index contributed by atoms with van der Waals surface area (Å²) < 4.78 is 15.0. The maximum absolute atomic E-state index is 13.4. The number of carbonyl (C=O) groups is 2. The van der Waals surface area contributed by atoms with Gasteiger partial charge in [-0.15, -0.1) is 0 Å². The Hall–Kier alpha value is -2.70. The average molecular weight is 358 g/mol. The van der Waals surface area contributed by atoms with E-state index in [1.54, 1.807) is 27.8 Å². The van der Waals surface area contributed by atoms with E-state index in [4.69, 9.17) is 0 Å². The monoisotopic (exact) mass is 358 g/mol. The molecular formula is C19H23FN4O2. The van der Waals surface area contributed by atoms with Crippen molar-refractivity contribution in [2.75, 3.05) is 13.1 Å². The van der Waals surface area contributed by atoms with E-state index in [1.165, 1.54) is 12.1 Å². The predicted octanol–water partition coefficient (Wildman–Crippen LogP) is 2.60. The van der Waals surface area contributed by atoms with Crippen molar-refractivity contribution in [3.63, 3.8) is 0 Å². The van der Waals surface area contributed by atoms with Gasteiger partial charge in [-0.25, -0.2) is 4.39 Å². The lowest BCUT2D eigenvalue weighted by Crippen LogP contribution is -2.30. The highest BCUT2D eigenvalue weighted by atomic mass is 19.1. The number of hydrogen-bond donors (Lipinski definition) is 1. The van der Waals surface area contributed by atoms with Gasteiger partial charge in [0.25, 0.3) is 11.8 Å². The lowest BCUT2D eigenvalue weighted by molar-refractivity contribution is 0.0745. The summed E-state index contributed by atoms with van der Waals surface area (Å²) in [5.41, 5.74) is 1.40. The zero-order valence-electron chi connectivity index (χ0n) is 14.9. The summed E-state index contributed by atoms with van der Waals surface area (Å²) in [6.45, 7) is 4.12. The Kier molecular flexibility index (Phi) is 5.65. The number of aryl methyl sites for hydroxylation is 1. The number of aromatic nitrogens is 2. The van der Waals surface area contributed by atoms with Crippen molar-refractivity contribution >= 4 is 11.8 Å². The van der Waals surface area contributed by atoms with Gasteiger partial charge in [0.2, 0.25) is 0 Å². The molecule has 2 amide bonds. The van der Waals surface area contributed by atoms with Crippen LogP contribution in [0.5, 0.6) is 0 Å². The molecule has 0 aliphatic carbocycles. The molecule has 2 aromatic rings. The van der Waals surface area contributed by atoms with E-state index in [2.05, 4.69) is 17.3 Å². The molecule has 6 nitrogen and oxygen atoms in total. The van der Waals surface area contributed by atoms with E-state index in [0.717, 1.165) is 24.8 Å². The average Bonchev–Trinajstić information content (AvgIpc) is 2.99. The van der Waals surface area contributed by atoms with E-state index in [0.29, 0.717) is 31.9 Å². The number of rotatable bonds is 6. The minimum atomic E-state index is -0.319. The van der Waals surface area contributed by atoms with Crippen LogP contribution < -0.4 is 5.32 Å². The van der Waals surface area contributed by atoms with Crippen LogP contribution in [0.4, 0.5) is 4.39 Å². The summed E-state index contributed by atoms with van der Waals surface area (Å²) in [6.07, 6.45) is 2.62. The minimum absolute atomic E-state index is 0.188. The third kappa shape index (κ3) is 4.09. The molecule has 1 aromatic heterocycles. The third-order valence-electron chi connectivity index (χ3n) is 4.40. The zero-order valence-corrected chi connectivity index (χ0v) is 14.9. The van der Waals surface area contributed by atoms with Gasteiger partial charge in [-0.3, -0.25) is 14.3 Å². The highest BCUT2D eigenvalue weighted by Gasteiger charge is 2.26. The van der Waals surface area contributed by atoms with Crippen molar-refractivity contribution in [3.05, 3.63) is 53.1 Å². The van der Waals surface area contributed by atoms with Crippen LogP contribution in [0.3, 0.4) is 0 Å². The van der Waals surface area contributed by atoms with Gasteiger partial charge >= 0.3 is 0 Å². The molecule has 1 N–H and O–H groups in total. The lowest BCUT2D eigenvalue weighted by Gasteiger charge is -2.20. The Morgan fingerprint density at radius 1 is 1.31 bits per heavy atom. The molecule has 0 fully saturated rings. The summed E-state index contributed by atoms with van der Waals surface area (Å²) in [5, 5.41) is 7.11. The van der Waals surface area contributed by atoms with E-state index < -0.39 is 0 Å². The second kappa shape index (κ2) is 8.12. The maximum Gasteiger partial charge on any atom is 0.272 e. The van der Waals surface area contributed by atoms with Crippen LogP contribution in [-0.2, 0) is 13.1 Å². The van der Waals surface area contributed by atoms with Crippen LogP contribution in [-0.4, -0.2) is 39.6 Å². The molecule has 0 unspecified atom stereocenters. The van der Waals surface area contributed by atoms with E-state index in [-0.39, 0.29) is 23.3 Å². The molecule has 0 spiro atoms. The summed E-state index contributed by atoms with van der Waals surface area (Å²) in [7, 11) is 0. The molecule has 0 atom stereocenters. The van der Waals surface area contributed by atoms with Crippen LogP contribution in [0.2, 0.25) is 0 Å². The van der Waals surface area contributed by atoms with Crippen molar-refractivity contribution in [3.8, 4) is 0 Å². The molecular weight excluding hydrogens is 335 g/mol. The summed E-state index contributed by atoms with van der Waals surface area (Å²) in [5.74, 6) is -0.767. The van der Waals surface area contributed by atoms with Crippen molar-refractivity contribution in [2.24, 2.45) is 0 Å². The Morgan fingerprint density at radius 3 is 2.92 bits per heavy atom. The van der Waals surface area contributed by atoms with Gasteiger partial charge in [0.1, 0.15) is 11.5 Å². The quantitative estimate of drug-likeness (QED) is 0.807. The first-order valence-corrected chi connectivity index (χ1v) is 8.98. The van der Waals surface area contributed by atoms with Gasteiger partial charge in [-0.05, 0) is 30.5 Å². The fourth-order valence-corrected chi connectivity index (χ4v) is 3.02. The number of amides is 2. The van der Waals surface area contributed by atoms with Gasteiger partial charge < -0.3 is 10.2 Å². The molecule has 1 aliphatic rings. The second-order valence-corrected chi connectivity index (χ2v) is 6.46. The number of fused-ring (bicyclic) bond motifs is 1. The van der Waals surface area contributed by atoms with Gasteiger partial charge in [0.05, 0.1) is 0 Å². The van der Waals surface area contributed by atoms with Crippen molar-refractivity contribution in [1.82, 2.24) is 20.0 Å². The van der Waals surface area contributed by atoms with Crippen molar-refractivity contribution in [1.29, 1.82) is 0 Å². The van der Waals surface area contributed by atoms with E-state index in [1.807, 2.05) is 0 Å². The number of nitrogens with zero attached hydrogens (tertiary/aromatic N) is 3. The van der Waals surface area contributed by atoms with Crippen LogP contribution in [0, 0.1) is 5.82 Å². The van der Waals surface area contributed by atoms with Crippen LogP contribution in [0.25, 0.3) is 0 Å². The Labute approximate surface area is 152 Å². The number of nitrogens with one attached hydrogen (secondary N) is 1. The normalized spacial score (nSPS) is 14.1. The summed E-state index contributed by atoms with van der Waals surface area (Å²) in [4.78, 5) is 26.7. The standard InChI is InChI=1S/C19H23FN4O2/c1-2-3-8-21-18(25)16-12-17-19(26)23(9-5-10-24(17)22-16)13-14-6-4-7-15(20)11-14/h4,6-7,11-12H,2-3,5,8-10,13H2,1H3,(H,21,25). The van der Waals surface area contributed by atoms with Crippen molar-refractivity contribution < 1.29 is 14.0 Å². The van der Waals surface area contributed by atoms with Gasteiger partial charge in [0, 0.05) is 32.2 Å². The van der Waals surface area contributed by atoms with Gasteiger partial charge in [-0.1, -0.05) is 25.5 Å². The number of carbonyl (C=O) groups excluding carboxylic acids is 2. The Balaban J connectivity index is 1.75. The largest absolute Gasteiger partial charge is 0.351 e. The summed E-state index contributed by atoms with van der Waals surface area (Å²) >= 11 is 0. The first kappa shape index (κ1) is 18.1. The molecule has 7 heteroatoms. The number of benzene rings is 1. The highest BCUT2D eigenvalue weighted by Crippen LogP contribution is 2.17. The SMILES string of the molecule is CCCCNC(=O)c1cc2n(n1)CCCN(Cc1cccc(F)c1)C2=O. The van der Waals surface area contributed by atoms with Gasteiger partial charge in [-0.2, -0.15) is 5.10 Å². The number of hydrogen-bond acceptors (Lipinski definition) is 3. The van der Waals surface area contributed by atoms with Gasteiger partial charge in [0.15, 0.2) is 5.69 Å².